The Morgan fingerprint density at radius 3 is 1.37 bits per heavy atom. The predicted octanol–water partition coefficient (Wildman–Crippen LogP) is 6.99. The van der Waals surface area contributed by atoms with Gasteiger partial charge in [0.1, 0.15) is 27.9 Å². The Morgan fingerprint density at radius 1 is 0.659 bits per heavy atom. The smallest absolute Gasteiger partial charge is 0.261 e. The lowest BCUT2D eigenvalue weighted by atomic mass is 10.0. The lowest BCUT2D eigenvalue weighted by Crippen LogP contribution is -2.38. The van der Waals surface area contributed by atoms with Crippen LogP contribution < -0.4 is 5.32 Å². The average molecular weight is 588 g/mol. The van der Waals surface area contributed by atoms with Crippen LogP contribution in [0.5, 0.6) is 0 Å². The molecular formula is C32H41N3O4Si2. The van der Waals surface area contributed by atoms with Gasteiger partial charge in [0.05, 0.1) is 33.6 Å². The minimum atomic E-state index is -1.96. The first-order chi connectivity index (χ1) is 19.4. The van der Waals surface area contributed by atoms with Crippen molar-refractivity contribution in [2.24, 2.45) is 0 Å². The molecule has 2 unspecified atom stereocenters. The molecule has 5 rings (SSSR count). The molecule has 0 saturated heterocycles. The minimum Gasteiger partial charge on any atom is -0.362 e. The number of para-hydroxylation sites is 2. The number of nitrogens with one attached hydrogen (secondary N) is 1. The lowest BCUT2D eigenvalue weighted by Gasteiger charge is -2.33. The number of aromatic nitrogens is 2. The molecule has 0 bridgehead atoms. The van der Waals surface area contributed by atoms with E-state index in [-0.39, 0.29) is 11.7 Å². The van der Waals surface area contributed by atoms with Crippen molar-refractivity contribution in [1.82, 2.24) is 14.5 Å². The maximum Gasteiger partial charge on any atom is 0.261 e. The number of ether oxygens (including phenoxy) is 2. The summed E-state index contributed by atoms with van der Waals surface area (Å²) in [7, 11) is -3.92. The summed E-state index contributed by atoms with van der Waals surface area (Å²) in [5, 5.41) is 4.64. The van der Waals surface area contributed by atoms with E-state index in [0.717, 1.165) is 21.8 Å². The first-order valence-corrected chi connectivity index (χ1v) is 21.6. The molecule has 9 heteroatoms. The summed E-state index contributed by atoms with van der Waals surface area (Å²) in [6, 6.07) is 20.3. The number of carbonyl (C=O) groups is 2. The summed E-state index contributed by atoms with van der Waals surface area (Å²) in [5.41, 5.74) is 4.12. The van der Waals surface area contributed by atoms with Crippen LogP contribution in [0.3, 0.4) is 0 Å². The molecule has 0 fully saturated rings. The molecule has 1 N–H and O–H groups in total. The molecule has 1 aliphatic rings. The fraction of sp³-hybridized carbons (Fsp3) is 0.375. The van der Waals surface area contributed by atoms with Crippen LogP contribution in [0.25, 0.3) is 33.0 Å². The third-order valence-corrected chi connectivity index (χ3v) is 11.4. The number of imide groups is 1. The highest BCUT2D eigenvalue weighted by atomic mass is 28.3. The number of amides is 2. The van der Waals surface area contributed by atoms with Crippen molar-refractivity contribution in [3.05, 3.63) is 72.1 Å². The van der Waals surface area contributed by atoms with Gasteiger partial charge in [0.15, 0.2) is 0 Å². The van der Waals surface area contributed by atoms with E-state index in [1.54, 1.807) is 0 Å². The lowest BCUT2D eigenvalue weighted by molar-refractivity contribution is -0.122. The molecule has 2 aromatic carbocycles. The van der Waals surface area contributed by atoms with Crippen LogP contribution in [0, 0.1) is 0 Å². The topological polar surface area (TPSA) is 74.5 Å². The minimum absolute atomic E-state index is 0.233. The van der Waals surface area contributed by atoms with Gasteiger partial charge in [0.25, 0.3) is 11.8 Å². The first kappa shape index (κ1) is 29.3. The Hall–Kier alpha value is -3.25. The SMILES string of the molecule is CCOC(n1c(C2=C(c3cc4ccccc4n3C(OCC)[Si](C)(C)C)C(=O)NC2=O)cc2ccccc21)[Si](C)(C)C. The Balaban J connectivity index is 1.89. The molecule has 4 aromatic rings. The summed E-state index contributed by atoms with van der Waals surface area (Å²) in [6.45, 7) is 18.7. The molecule has 0 radical (unpaired) electrons. The number of carbonyl (C=O) groups excluding carboxylic acids is 2. The molecule has 41 heavy (non-hydrogen) atoms. The van der Waals surface area contributed by atoms with Gasteiger partial charge in [-0.2, -0.15) is 0 Å². The summed E-state index contributed by atoms with van der Waals surface area (Å²) in [4.78, 5) is 27.6. The van der Waals surface area contributed by atoms with E-state index in [0.29, 0.717) is 35.7 Å². The van der Waals surface area contributed by atoms with Crippen molar-refractivity contribution in [1.29, 1.82) is 0 Å². The second-order valence-corrected chi connectivity index (χ2v) is 23.2. The largest absolute Gasteiger partial charge is 0.362 e. The number of rotatable bonds is 10. The maximum atomic E-state index is 13.8. The Kier molecular flexibility index (Phi) is 7.75. The number of benzene rings is 2. The van der Waals surface area contributed by atoms with Crippen LogP contribution >= 0.6 is 0 Å². The van der Waals surface area contributed by atoms with Crippen molar-refractivity contribution in [2.75, 3.05) is 13.2 Å². The van der Waals surface area contributed by atoms with Crippen LogP contribution in [0.4, 0.5) is 0 Å². The standard InChI is InChI=1S/C32H41N3O4Si2/c1-9-38-31(40(3,4)5)34-23-17-13-11-15-21(23)19-25(34)27-28(30(37)33-29(27)36)26-20-22-16-12-14-18-24(22)35(26)32(39-10-2)41(6,7)8/h11-20,31-32H,9-10H2,1-8H3,(H,33,36,37). The average Bonchev–Trinajstić information content (AvgIpc) is 3.54. The van der Waals surface area contributed by atoms with E-state index in [4.69, 9.17) is 9.47 Å². The van der Waals surface area contributed by atoms with Gasteiger partial charge in [-0.3, -0.25) is 14.9 Å². The number of hydrogen-bond donors (Lipinski definition) is 1. The molecule has 2 aromatic heterocycles. The summed E-state index contributed by atoms with van der Waals surface area (Å²) in [5.74, 6) is -1.25. The second-order valence-electron chi connectivity index (χ2n) is 12.8. The summed E-state index contributed by atoms with van der Waals surface area (Å²) < 4.78 is 17.1. The van der Waals surface area contributed by atoms with E-state index < -0.39 is 28.0 Å². The molecule has 2 atom stereocenters. The van der Waals surface area contributed by atoms with Crippen molar-refractivity contribution in [3.63, 3.8) is 0 Å². The molecule has 216 valence electrons. The zero-order chi connectivity index (χ0) is 29.7. The van der Waals surface area contributed by atoms with Gasteiger partial charge in [-0.25, -0.2) is 0 Å². The monoisotopic (exact) mass is 587 g/mol. The fourth-order valence-corrected chi connectivity index (χ4v) is 9.36. The maximum absolute atomic E-state index is 13.8. The van der Waals surface area contributed by atoms with Gasteiger partial charge in [0, 0.05) is 24.0 Å². The van der Waals surface area contributed by atoms with E-state index in [1.807, 2.05) is 62.4 Å². The Morgan fingerprint density at radius 2 is 1.02 bits per heavy atom. The molecule has 1 aliphatic heterocycles. The van der Waals surface area contributed by atoms with Crippen LogP contribution in [0.15, 0.2) is 60.7 Å². The number of nitrogens with zero attached hydrogens (tertiary/aromatic N) is 2. The van der Waals surface area contributed by atoms with Gasteiger partial charge < -0.3 is 18.6 Å². The van der Waals surface area contributed by atoms with Gasteiger partial charge in [0.2, 0.25) is 0 Å². The van der Waals surface area contributed by atoms with Crippen LogP contribution in [0.1, 0.15) is 36.9 Å². The molecule has 3 heterocycles. The molecule has 0 saturated carbocycles. The van der Waals surface area contributed by atoms with Crippen LogP contribution in [-0.4, -0.2) is 50.3 Å². The molecule has 7 nitrogen and oxygen atoms in total. The van der Waals surface area contributed by atoms with Crippen molar-refractivity contribution >= 4 is 60.9 Å². The normalized spacial score (nSPS) is 16.2. The van der Waals surface area contributed by atoms with Crippen LogP contribution in [-0.2, 0) is 19.1 Å². The Labute approximate surface area is 244 Å². The highest BCUT2D eigenvalue weighted by Gasteiger charge is 2.41. The van der Waals surface area contributed by atoms with Gasteiger partial charge in [-0.05, 0) is 38.1 Å². The predicted molar refractivity (Wildman–Crippen MR) is 172 cm³/mol. The van der Waals surface area contributed by atoms with Gasteiger partial charge in [-0.15, -0.1) is 0 Å². The third kappa shape index (κ3) is 5.16. The van der Waals surface area contributed by atoms with Crippen LogP contribution in [0.2, 0.25) is 39.3 Å². The highest BCUT2D eigenvalue weighted by Crippen LogP contribution is 2.41. The van der Waals surface area contributed by atoms with E-state index in [2.05, 4.69) is 65.9 Å². The summed E-state index contributed by atoms with van der Waals surface area (Å²) >= 11 is 0. The zero-order valence-corrected chi connectivity index (χ0v) is 27.4. The number of hydrogen-bond acceptors (Lipinski definition) is 4. The van der Waals surface area contributed by atoms with Gasteiger partial charge >= 0.3 is 0 Å². The third-order valence-electron chi connectivity index (χ3n) is 7.54. The molecule has 2 amide bonds. The molecule has 0 spiro atoms. The zero-order valence-electron chi connectivity index (χ0n) is 25.4. The fourth-order valence-electron chi connectivity index (χ4n) is 5.93. The van der Waals surface area contributed by atoms with Gasteiger partial charge in [-0.1, -0.05) is 75.7 Å². The first-order valence-electron chi connectivity index (χ1n) is 14.4. The molecule has 0 aliphatic carbocycles. The van der Waals surface area contributed by atoms with E-state index >= 15 is 0 Å². The summed E-state index contributed by atoms with van der Waals surface area (Å²) in [6.07, 6.45) is 0. The van der Waals surface area contributed by atoms with E-state index in [9.17, 15) is 9.59 Å². The second kappa shape index (κ2) is 10.9. The van der Waals surface area contributed by atoms with Crippen molar-refractivity contribution < 1.29 is 19.1 Å². The quantitative estimate of drug-likeness (QED) is 0.160. The van der Waals surface area contributed by atoms with E-state index in [1.165, 1.54) is 0 Å². The Bertz CT molecular complexity index is 1550. The molecular weight excluding hydrogens is 547 g/mol. The highest BCUT2D eigenvalue weighted by molar-refractivity contribution is 6.77. The van der Waals surface area contributed by atoms with Crippen molar-refractivity contribution in [2.45, 2.75) is 64.8 Å². The number of fused-ring (bicyclic) bond motifs is 2. The van der Waals surface area contributed by atoms with Crippen molar-refractivity contribution in [3.8, 4) is 0 Å².